The molecule has 0 bridgehead atoms. The summed E-state index contributed by atoms with van der Waals surface area (Å²) in [4.78, 5) is 14.7. The number of nitrogens with one attached hydrogen (secondary N) is 2. The Balaban J connectivity index is 1.90. The Bertz CT molecular complexity index is 618. The third-order valence-electron chi connectivity index (χ3n) is 3.54. The van der Waals surface area contributed by atoms with Crippen molar-refractivity contribution in [3.63, 3.8) is 0 Å². The number of carbonyl (C=O) groups is 1. The van der Waals surface area contributed by atoms with Crippen molar-refractivity contribution in [1.29, 1.82) is 0 Å². The van der Waals surface area contributed by atoms with Gasteiger partial charge in [0.25, 0.3) is 0 Å². The van der Waals surface area contributed by atoms with Gasteiger partial charge in [0, 0.05) is 29.1 Å². The molecule has 3 rings (SSSR count). The van der Waals surface area contributed by atoms with Gasteiger partial charge in [-0.1, -0.05) is 11.6 Å². The predicted molar refractivity (Wildman–Crippen MR) is 73.1 cm³/mol. The second-order valence-corrected chi connectivity index (χ2v) is 5.20. The molecule has 1 aromatic carbocycles. The highest BCUT2D eigenvalue weighted by Gasteiger charge is 2.26. The van der Waals surface area contributed by atoms with Crippen molar-refractivity contribution in [3.8, 4) is 0 Å². The molecule has 0 aliphatic heterocycles. The van der Waals surface area contributed by atoms with Gasteiger partial charge in [-0.3, -0.25) is 4.79 Å². The zero-order valence-corrected chi connectivity index (χ0v) is 11.0. The molecular weight excluding hydrogens is 248 g/mol. The van der Waals surface area contributed by atoms with Gasteiger partial charge in [0.2, 0.25) is 5.91 Å². The summed E-state index contributed by atoms with van der Waals surface area (Å²) in [7, 11) is 0. The molecule has 0 fully saturated rings. The highest BCUT2D eigenvalue weighted by atomic mass is 35.5. The Morgan fingerprint density at radius 1 is 1.50 bits per heavy atom. The molecule has 1 aliphatic rings. The number of H-pyrrole nitrogens is 1. The number of fused-ring (bicyclic) bond motifs is 3. The Morgan fingerprint density at radius 2 is 2.33 bits per heavy atom. The first-order valence-electron chi connectivity index (χ1n) is 6.13. The fourth-order valence-electron chi connectivity index (χ4n) is 2.76. The molecule has 3 nitrogen and oxygen atoms in total. The van der Waals surface area contributed by atoms with Crippen molar-refractivity contribution >= 4 is 28.4 Å². The number of carbonyl (C=O) groups excluding carboxylic acids is 1. The Morgan fingerprint density at radius 3 is 3.11 bits per heavy atom. The summed E-state index contributed by atoms with van der Waals surface area (Å²) < 4.78 is 0. The van der Waals surface area contributed by atoms with E-state index in [0.29, 0.717) is 0 Å². The molecule has 0 saturated heterocycles. The number of aromatic amines is 1. The minimum absolute atomic E-state index is 0.0320. The number of aromatic nitrogens is 1. The summed E-state index contributed by atoms with van der Waals surface area (Å²) in [5.41, 5.74) is 5.04. The standard InChI is InChI=1S/C14H15ClN2O/c1-8-2-3-12-10(4-8)11-5-9(6-13(11)17-12)16-14(18)7-15/h2-4,9,17H,5-7H2,1H3,(H,16,18). The Labute approximate surface area is 111 Å². The fraction of sp³-hybridized carbons (Fsp3) is 0.357. The van der Waals surface area contributed by atoms with Gasteiger partial charge < -0.3 is 10.3 Å². The van der Waals surface area contributed by atoms with Crippen LogP contribution in [0.2, 0.25) is 0 Å². The first-order chi connectivity index (χ1) is 8.67. The van der Waals surface area contributed by atoms with Crippen LogP contribution in [0.1, 0.15) is 16.8 Å². The van der Waals surface area contributed by atoms with E-state index in [1.54, 1.807) is 0 Å². The normalized spacial score (nSPS) is 18.0. The van der Waals surface area contributed by atoms with Gasteiger partial charge in [0.05, 0.1) is 0 Å². The fourth-order valence-corrected chi connectivity index (χ4v) is 2.84. The number of hydrogen-bond donors (Lipinski definition) is 2. The van der Waals surface area contributed by atoms with Crippen molar-refractivity contribution < 1.29 is 4.79 Å². The van der Waals surface area contributed by atoms with Gasteiger partial charge in [-0.2, -0.15) is 0 Å². The molecule has 1 amide bonds. The van der Waals surface area contributed by atoms with Gasteiger partial charge in [0.1, 0.15) is 5.88 Å². The first-order valence-corrected chi connectivity index (χ1v) is 6.66. The van der Waals surface area contributed by atoms with Crippen LogP contribution in [0.15, 0.2) is 18.2 Å². The molecule has 2 aromatic rings. The van der Waals surface area contributed by atoms with E-state index >= 15 is 0 Å². The summed E-state index contributed by atoms with van der Waals surface area (Å²) >= 11 is 5.51. The molecule has 4 heteroatoms. The van der Waals surface area contributed by atoms with Gasteiger partial charge in [-0.25, -0.2) is 0 Å². The van der Waals surface area contributed by atoms with Crippen LogP contribution in [0, 0.1) is 6.92 Å². The quantitative estimate of drug-likeness (QED) is 0.802. The smallest absolute Gasteiger partial charge is 0.235 e. The second-order valence-electron chi connectivity index (χ2n) is 4.94. The van der Waals surface area contributed by atoms with Gasteiger partial charge in [-0.05, 0) is 31.0 Å². The molecule has 2 N–H and O–H groups in total. The lowest BCUT2D eigenvalue weighted by Gasteiger charge is -2.10. The highest BCUT2D eigenvalue weighted by molar-refractivity contribution is 6.27. The van der Waals surface area contributed by atoms with Crippen LogP contribution in [0.3, 0.4) is 0 Å². The lowest BCUT2D eigenvalue weighted by atomic mass is 10.1. The van der Waals surface area contributed by atoms with Crippen LogP contribution < -0.4 is 5.32 Å². The lowest BCUT2D eigenvalue weighted by Crippen LogP contribution is -2.36. The molecule has 1 aromatic heterocycles. The second kappa shape index (κ2) is 4.32. The summed E-state index contributed by atoms with van der Waals surface area (Å²) in [5.74, 6) is -0.0584. The molecular formula is C14H15ClN2O. The summed E-state index contributed by atoms with van der Waals surface area (Å²) in [5, 5.41) is 4.23. The number of alkyl halides is 1. The number of hydrogen-bond acceptors (Lipinski definition) is 1. The number of rotatable bonds is 2. The van der Waals surface area contributed by atoms with E-state index in [0.717, 1.165) is 12.8 Å². The van der Waals surface area contributed by atoms with E-state index < -0.39 is 0 Å². The van der Waals surface area contributed by atoms with E-state index in [-0.39, 0.29) is 17.8 Å². The molecule has 0 radical (unpaired) electrons. The Kier molecular flexibility index (Phi) is 2.78. The average molecular weight is 263 g/mol. The summed E-state index contributed by atoms with van der Waals surface area (Å²) in [6.07, 6.45) is 1.76. The van der Waals surface area contributed by atoms with Gasteiger partial charge in [0.15, 0.2) is 0 Å². The van der Waals surface area contributed by atoms with Crippen molar-refractivity contribution in [1.82, 2.24) is 10.3 Å². The monoisotopic (exact) mass is 262 g/mol. The lowest BCUT2D eigenvalue weighted by molar-refractivity contribution is -0.119. The van der Waals surface area contributed by atoms with Crippen molar-refractivity contribution in [2.45, 2.75) is 25.8 Å². The maximum atomic E-state index is 11.3. The maximum absolute atomic E-state index is 11.3. The van der Waals surface area contributed by atoms with E-state index in [1.165, 1.54) is 27.7 Å². The SMILES string of the molecule is Cc1ccc2[nH]c3c(c2c1)CC(NC(=O)CCl)C3. The number of amides is 1. The van der Waals surface area contributed by atoms with Gasteiger partial charge >= 0.3 is 0 Å². The summed E-state index contributed by atoms with van der Waals surface area (Å²) in [6.45, 7) is 2.10. The molecule has 0 spiro atoms. The molecule has 1 atom stereocenters. The molecule has 1 unspecified atom stereocenters. The minimum Gasteiger partial charge on any atom is -0.358 e. The molecule has 18 heavy (non-hydrogen) atoms. The summed E-state index contributed by atoms with van der Waals surface area (Å²) in [6, 6.07) is 6.62. The predicted octanol–water partition coefficient (Wildman–Crippen LogP) is 2.30. The third kappa shape index (κ3) is 1.89. The van der Waals surface area contributed by atoms with E-state index in [1.807, 2.05) is 0 Å². The maximum Gasteiger partial charge on any atom is 0.235 e. The molecule has 1 aliphatic carbocycles. The van der Waals surface area contributed by atoms with Crippen molar-refractivity contribution in [2.24, 2.45) is 0 Å². The van der Waals surface area contributed by atoms with Crippen molar-refractivity contribution in [3.05, 3.63) is 35.0 Å². The Hall–Kier alpha value is -1.48. The zero-order valence-electron chi connectivity index (χ0n) is 10.2. The van der Waals surface area contributed by atoms with Crippen LogP contribution in [0.5, 0.6) is 0 Å². The third-order valence-corrected chi connectivity index (χ3v) is 3.78. The van der Waals surface area contributed by atoms with Crippen LogP contribution in [0.4, 0.5) is 0 Å². The molecule has 0 saturated carbocycles. The van der Waals surface area contributed by atoms with E-state index in [9.17, 15) is 4.79 Å². The van der Waals surface area contributed by atoms with Crippen LogP contribution in [-0.4, -0.2) is 22.8 Å². The number of aryl methyl sites for hydroxylation is 1. The largest absolute Gasteiger partial charge is 0.358 e. The first kappa shape index (κ1) is 11.6. The van der Waals surface area contributed by atoms with Crippen LogP contribution in [-0.2, 0) is 17.6 Å². The minimum atomic E-state index is -0.0905. The van der Waals surface area contributed by atoms with Crippen LogP contribution >= 0.6 is 11.6 Å². The van der Waals surface area contributed by atoms with E-state index in [2.05, 4.69) is 35.4 Å². The van der Waals surface area contributed by atoms with Crippen molar-refractivity contribution in [2.75, 3.05) is 5.88 Å². The topological polar surface area (TPSA) is 44.9 Å². The van der Waals surface area contributed by atoms with E-state index in [4.69, 9.17) is 11.6 Å². The molecule has 94 valence electrons. The van der Waals surface area contributed by atoms with Crippen LogP contribution in [0.25, 0.3) is 10.9 Å². The zero-order chi connectivity index (χ0) is 12.7. The number of halogens is 1. The number of benzene rings is 1. The highest BCUT2D eigenvalue weighted by Crippen LogP contribution is 2.30. The molecule has 1 heterocycles. The average Bonchev–Trinajstić information content (AvgIpc) is 2.86. The van der Waals surface area contributed by atoms with Gasteiger partial charge in [-0.15, -0.1) is 11.6 Å².